The minimum absolute atomic E-state index is 0.0702. The fourth-order valence-electron chi connectivity index (χ4n) is 3.00. The fourth-order valence-corrected chi connectivity index (χ4v) is 3.40. The van der Waals surface area contributed by atoms with Crippen molar-refractivity contribution < 1.29 is 19.8 Å². The lowest BCUT2D eigenvalue weighted by atomic mass is 9.94. The molecule has 2 aromatic rings. The molecule has 23 heavy (non-hydrogen) atoms. The van der Waals surface area contributed by atoms with E-state index in [1.165, 1.54) is 4.90 Å². The number of anilines is 1. The summed E-state index contributed by atoms with van der Waals surface area (Å²) in [7, 11) is 0. The number of halogens is 1. The molecule has 0 atom stereocenters. The zero-order chi connectivity index (χ0) is 16.6. The molecule has 1 heterocycles. The minimum atomic E-state index is -1.99. The number of hydrogen-bond acceptors (Lipinski definition) is 3. The molecule has 5 nitrogen and oxygen atoms in total. The van der Waals surface area contributed by atoms with Crippen LogP contribution in [-0.2, 0) is 22.6 Å². The van der Waals surface area contributed by atoms with Gasteiger partial charge < -0.3 is 15.1 Å². The molecule has 3 rings (SSSR count). The number of fused-ring (bicyclic) bond motifs is 1. The number of nitrogens with zero attached hydrogens (tertiary/aromatic N) is 1. The van der Waals surface area contributed by atoms with E-state index in [0.29, 0.717) is 11.3 Å². The van der Waals surface area contributed by atoms with Gasteiger partial charge in [-0.05, 0) is 29.3 Å². The van der Waals surface area contributed by atoms with Gasteiger partial charge in [0, 0.05) is 23.1 Å². The van der Waals surface area contributed by atoms with E-state index in [-0.39, 0.29) is 13.0 Å². The highest BCUT2D eigenvalue weighted by molar-refractivity contribution is 9.10. The Bertz CT molecular complexity index is 761. The van der Waals surface area contributed by atoms with Crippen LogP contribution in [-0.4, -0.2) is 27.7 Å². The number of benzene rings is 2. The second-order valence-corrected chi connectivity index (χ2v) is 6.41. The summed E-state index contributed by atoms with van der Waals surface area (Å²) < 4.78 is 0.794. The highest BCUT2D eigenvalue weighted by atomic mass is 79.9. The van der Waals surface area contributed by atoms with Crippen molar-refractivity contribution in [1.29, 1.82) is 0 Å². The Balaban J connectivity index is 2.13. The molecule has 0 fully saturated rings. The second kappa shape index (κ2) is 5.70. The van der Waals surface area contributed by atoms with Gasteiger partial charge in [0.05, 0.1) is 0 Å². The van der Waals surface area contributed by atoms with Crippen LogP contribution in [0, 0.1) is 0 Å². The van der Waals surface area contributed by atoms with E-state index in [1.54, 1.807) is 18.2 Å². The van der Waals surface area contributed by atoms with E-state index in [9.17, 15) is 19.8 Å². The average Bonchev–Trinajstić information content (AvgIpc) is 2.83. The number of carbonyl (C=O) groups is 2. The highest BCUT2D eigenvalue weighted by Crippen LogP contribution is 2.41. The average molecular weight is 376 g/mol. The predicted molar refractivity (Wildman–Crippen MR) is 88.5 cm³/mol. The van der Waals surface area contributed by atoms with Gasteiger partial charge in [-0.1, -0.05) is 46.3 Å². The van der Waals surface area contributed by atoms with Crippen molar-refractivity contribution in [3.63, 3.8) is 0 Å². The van der Waals surface area contributed by atoms with E-state index in [4.69, 9.17) is 0 Å². The first-order valence-electron chi connectivity index (χ1n) is 7.02. The van der Waals surface area contributed by atoms with E-state index in [0.717, 1.165) is 10.0 Å². The molecule has 0 amide bonds. The number of rotatable bonds is 4. The molecule has 1 aliphatic rings. The lowest BCUT2D eigenvalue weighted by Gasteiger charge is -2.33. The Labute approximate surface area is 141 Å². The first kappa shape index (κ1) is 15.6. The first-order valence-corrected chi connectivity index (χ1v) is 7.81. The monoisotopic (exact) mass is 375 g/mol. The third-order valence-corrected chi connectivity index (χ3v) is 4.62. The van der Waals surface area contributed by atoms with Crippen LogP contribution in [0.15, 0.2) is 53.0 Å². The Kier molecular flexibility index (Phi) is 3.85. The maximum absolute atomic E-state index is 11.9. The van der Waals surface area contributed by atoms with Crippen LogP contribution in [0.4, 0.5) is 5.69 Å². The number of carboxylic acid groups (broad SMARTS) is 2. The molecule has 118 valence electrons. The Morgan fingerprint density at radius 3 is 2.35 bits per heavy atom. The van der Waals surface area contributed by atoms with Gasteiger partial charge in [0.1, 0.15) is 0 Å². The molecule has 0 aliphatic carbocycles. The van der Waals surface area contributed by atoms with Crippen LogP contribution in [0.3, 0.4) is 0 Å². The number of aliphatic carboxylic acids is 2. The van der Waals surface area contributed by atoms with Crippen molar-refractivity contribution >= 4 is 33.6 Å². The second-order valence-electron chi connectivity index (χ2n) is 5.49. The highest BCUT2D eigenvalue weighted by Gasteiger charge is 2.56. The molecule has 0 aromatic heterocycles. The summed E-state index contributed by atoms with van der Waals surface area (Å²) >= 11 is 3.35. The summed E-state index contributed by atoms with van der Waals surface area (Å²) in [5, 5.41) is 19.4. The van der Waals surface area contributed by atoms with Gasteiger partial charge in [-0.15, -0.1) is 0 Å². The van der Waals surface area contributed by atoms with Gasteiger partial charge in [-0.3, -0.25) is 0 Å². The van der Waals surface area contributed by atoms with Crippen molar-refractivity contribution in [2.24, 2.45) is 0 Å². The largest absolute Gasteiger partial charge is 0.479 e. The predicted octanol–water partition coefficient (Wildman–Crippen LogP) is 2.92. The molecule has 0 bridgehead atoms. The molecule has 0 saturated carbocycles. The van der Waals surface area contributed by atoms with Crippen molar-refractivity contribution in [3.05, 3.63) is 64.1 Å². The summed E-state index contributed by atoms with van der Waals surface area (Å²) in [4.78, 5) is 25.2. The van der Waals surface area contributed by atoms with Gasteiger partial charge >= 0.3 is 11.9 Å². The zero-order valence-corrected chi connectivity index (χ0v) is 13.7. The Morgan fingerprint density at radius 2 is 1.74 bits per heavy atom. The SMILES string of the molecule is O=C(O)C1(C(=O)O)Cc2cc(Br)ccc2N1Cc1ccccc1. The first-order chi connectivity index (χ1) is 10.9. The minimum Gasteiger partial charge on any atom is -0.479 e. The van der Waals surface area contributed by atoms with Gasteiger partial charge in [0.25, 0.3) is 0 Å². The van der Waals surface area contributed by atoms with Crippen molar-refractivity contribution in [2.45, 2.75) is 18.5 Å². The maximum atomic E-state index is 11.9. The van der Waals surface area contributed by atoms with E-state index < -0.39 is 17.5 Å². The third-order valence-electron chi connectivity index (χ3n) is 4.13. The van der Waals surface area contributed by atoms with Crippen molar-refractivity contribution in [2.75, 3.05) is 4.90 Å². The normalized spacial score (nSPS) is 15.3. The molecule has 2 N–H and O–H groups in total. The molecular weight excluding hydrogens is 362 g/mol. The van der Waals surface area contributed by atoms with Crippen LogP contribution in [0.5, 0.6) is 0 Å². The summed E-state index contributed by atoms with van der Waals surface area (Å²) in [6, 6.07) is 14.6. The zero-order valence-electron chi connectivity index (χ0n) is 12.1. The van der Waals surface area contributed by atoms with Gasteiger partial charge in [0.2, 0.25) is 5.54 Å². The fraction of sp³-hybridized carbons (Fsp3) is 0.176. The molecular formula is C17H14BrNO4. The molecule has 0 radical (unpaired) electrons. The van der Waals surface area contributed by atoms with Gasteiger partial charge in [0.15, 0.2) is 0 Å². The van der Waals surface area contributed by atoms with Crippen molar-refractivity contribution in [3.8, 4) is 0 Å². The van der Waals surface area contributed by atoms with E-state index in [2.05, 4.69) is 15.9 Å². The topological polar surface area (TPSA) is 77.8 Å². The smallest absolute Gasteiger partial charge is 0.341 e. The lowest BCUT2D eigenvalue weighted by molar-refractivity contribution is -0.156. The van der Waals surface area contributed by atoms with Crippen LogP contribution in [0.1, 0.15) is 11.1 Å². The van der Waals surface area contributed by atoms with Crippen LogP contribution in [0.25, 0.3) is 0 Å². The van der Waals surface area contributed by atoms with E-state index in [1.807, 2.05) is 30.3 Å². The molecule has 0 unspecified atom stereocenters. The van der Waals surface area contributed by atoms with E-state index >= 15 is 0 Å². The van der Waals surface area contributed by atoms with Gasteiger partial charge in [-0.2, -0.15) is 0 Å². The summed E-state index contributed by atoms with van der Waals surface area (Å²) in [6.45, 7) is 0.216. The van der Waals surface area contributed by atoms with Crippen LogP contribution >= 0.6 is 15.9 Å². The molecule has 2 aromatic carbocycles. The Morgan fingerprint density at radius 1 is 1.09 bits per heavy atom. The lowest BCUT2D eigenvalue weighted by Crippen LogP contribution is -2.58. The third kappa shape index (κ3) is 2.49. The van der Waals surface area contributed by atoms with Gasteiger partial charge in [-0.25, -0.2) is 9.59 Å². The van der Waals surface area contributed by atoms with Crippen LogP contribution in [0.2, 0.25) is 0 Å². The molecule has 6 heteroatoms. The standard InChI is InChI=1S/C17H14BrNO4/c18-13-6-7-14-12(8-13)9-17(15(20)21,16(22)23)19(14)10-11-4-2-1-3-5-11/h1-8H,9-10H2,(H,20,21)(H,22,23). The molecule has 1 aliphatic heterocycles. The molecule has 0 saturated heterocycles. The Hall–Kier alpha value is -2.34. The quantitative estimate of drug-likeness (QED) is 0.803. The van der Waals surface area contributed by atoms with Crippen LogP contribution < -0.4 is 4.90 Å². The summed E-state index contributed by atoms with van der Waals surface area (Å²) in [6.07, 6.45) is -0.0702. The number of carboxylic acids is 2. The maximum Gasteiger partial charge on any atom is 0.341 e. The summed E-state index contributed by atoms with van der Waals surface area (Å²) in [5.41, 5.74) is 0.219. The van der Waals surface area contributed by atoms with Crippen molar-refractivity contribution in [1.82, 2.24) is 0 Å². The summed E-state index contributed by atoms with van der Waals surface area (Å²) in [5.74, 6) is -2.71. The molecule has 0 spiro atoms. The number of hydrogen-bond donors (Lipinski definition) is 2.